The Morgan fingerprint density at radius 3 is 2.74 bits per heavy atom. The number of H-pyrrole nitrogens is 1. The highest BCUT2D eigenvalue weighted by molar-refractivity contribution is 9.10. The van der Waals surface area contributed by atoms with Crippen molar-refractivity contribution in [2.24, 2.45) is 0 Å². The Morgan fingerprint density at radius 1 is 1.17 bits per heavy atom. The molecule has 0 aliphatic carbocycles. The number of nitrogens with one attached hydrogen (secondary N) is 1. The second-order valence-electron chi connectivity index (χ2n) is 5.25. The van der Waals surface area contributed by atoms with Gasteiger partial charge in [-0.2, -0.15) is 0 Å². The number of fused-ring (bicyclic) bond motifs is 1. The van der Waals surface area contributed by atoms with E-state index in [-0.39, 0.29) is 5.97 Å². The van der Waals surface area contributed by atoms with Gasteiger partial charge in [-0.3, -0.25) is 0 Å². The van der Waals surface area contributed by atoms with Gasteiger partial charge in [0.25, 0.3) is 0 Å². The summed E-state index contributed by atoms with van der Waals surface area (Å²) < 4.78 is 6.25. The van der Waals surface area contributed by atoms with E-state index in [0.29, 0.717) is 12.2 Å². The third-order valence-electron chi connectivity index (χ3n) is 3.63. The van der Waals surface area contributed by atoms with Crippen LogP contribution in [0.4, 0.5) is 0 Å². The summed E-state index contributed by atoms with van der Waals surface area (Å²) in [5.74, 6) is -0.292. The van der Waals surface area contributed by atoms with Crippen molar-refractivity contribution in [1.29, 1.82) is 0 Å². The SMILES string of the molecule is O=C(OCCCc1c[nH]c2ccc(Cl)cc12)c1ccc(Br)cc1. The van der Waals surface area contributed by atoms with Crippen LogP contribution in [0, 0.1) is 0 Å². The fraction of sp³-hybridized carbons (Fsp3) is 0.167. The van der Waals surface area contributed by atoms with Crippen LogP contribution in [-0.4, -0.2) is 17.6 Å². The standard InChI is InChI=1S/C18H15BrClNO2/c19-14-5-3-12(4-6-14)18(22)23-9-1-2-13-11-21-17-8-7-15(20)10-16(13)17/h3-8,10-11,21H,1-2,9H2. The summed E-state index contributed by atoms with van der Waals surface area (Å²) >= 11 is 9.38. The van der Waals surface area contributed by atoms with Crippen LogP contribution in [0.25, 0.3) is 10.9 Å². The van der Waals surface area contributed by atoms with E-state index < -0.39 is 0 Å². The van der Waals surface area contributed by atoms with Gasteiger partial charge in [-0.05, 0) is 60.9 Å². The molecule has 0 bridgehead atoms. The maximum Gasteiger partial charge on any atom is 0.338 e. The maximum atomic E-state index is 11.9. The van der Waals surface area contributed by atoms with Crippen molar-refractivity contribution in [1.82, 2.24) is 4.98 Å². The molecule has 2 aromatic carbocycles. The number of benzene rings is 2. The fourth-order valence-corrected chi connectivity index (χ4v) is 2.89. The number of hydrogen-bond acceptors (Lipinski definition) is 2. The molecule has 1 aromatic heterocycles. The maximum absolute atomic E-state index is 11.9. The Hall–Kier alpha value is -1.78. The minimum Gasteiger partial charge on any atom is -0.462 e. The number of ether oxygens (including phenoxy) is 1. The highest BCUT2D eigenvalue weighted by Gasteiger charge is 2.08. The summed E-state index contributed by atoms with van der Waals surface area (Å²) in [5.41, 5.74) is 2.81. The number of aromatic nitrogens is 1. The van der Waals surface area contributed by atoms with Crippen LogP contribution in [0.1, 0.15) is 22.3 Å². The summed E-state index contributed by atoms with van der Waals surface area (Å²) in [6.07, 6.45) is 3.58. The smallest absolute Gasteiger partial charge is 0.338 e. The Morgan fingerprint density at radius 2 is 1.96 bits per heavy atom. The van der Waals surface area contributed by atoms with E-state index in [4.69, 9.17) is 16.3 Å². The average molecular weight is 393 g/mol. The molecular weight excluding hydrogens is 378 g/mol. The third-order valence-corrected chi connectivity index (χ3v) is 4.40. The van der Waals surface area contributed by atoms with Gasteiger partial charge in [-0.15, -0.1) is 0 Å². The predicted octanol–water partition coefficient (Wildman–Crippen LogP) is 5.37. The fourth-order valence-electron chi connectivity index (χ4n) is 2.45. The van der Waals surface area contributed by atoms with Gasteiger partial charge in [0.05, 0.1) is 12.2 Å². The zero-order valence-corrected chi connectivity index (χ0v) is 14.7. The molecule has 0 saturated carbocycles. The lowest BCUT2D eigenvalue weighted by Crippen LogP contribution is -2.06. The van der Waals surface area contributed by atoms with Crippen LogP contribution >= 0.6 is 27.5 Å². The molecule has 0 amide bonds. The zero-order chi connectivity index (χ0) is 16.2. The lowest BCUT2D eigenvalue weighted by atomic mass is 10.1. The van der Waals surface area contributed by atoms with E-state index in [9.17, 15) is 4.79 Å². The number of rotatable bonds is 5. The Labute approximate surface area is 147 Å². The van der Waals surface area contributed by atoms with Gasteiger partial charge in [-0.1, -0.05) is 27.5 Å². The number of aromatic amines is 1. The molecular formula is C18H15BrClNO2. The molecule has 1 heterocycles. The van der Waals surface area contributed by atoms with Crippen LogP contribution < -0.4 is 0 Å². The van der Waals surface area contributed by atoms with Crippen LogP contribution in [0.3, 0.4) is 0 Å². The number of halogens is 2. The van der Waals surface area contributed by atoms with Crippen LogP contribution in [-0.2, 0) is 11.2 Å². The minimum atomic E-state index is -0.292. The van der Waals surface area contributed by atoms with E-state index in [2.05, 4.69) is 20.9 Å². The first kappa shape index (κ1) is 16.1. The molecule has 0 aliphatic heterocycles. The van der Waals surface area contributed by atoms with Gasteiger partial charge >= 0.3 is 5.97 Å². The van der Waals surface area contributed by atoms with Gasteiger partial charge < -0.3 is 9.72 Å². The van der Waals surface area contributed by atoms with Crippen molar-refractivity contribution in [2.75, 3.05) is 6.61 Å². The molecule has 1 N–H and O–H groups in total. The Kier molecular flexibility index (Phi) is 5.03. The monoisotopic (exact) mass is 391 g/mol. The van der Waals surface area contributed by atoms with E-state index in [1.54, 1.807) is 12.1 Å². The molecule has 0 fully saturated rings. The normalized spacial score (nSPS) is 10.9. The number of carbonyl (C=O) groups is 1. The van der Waals surface area contributed by atoms with Gasteiger partial charge in [-0.25, -0.2) is 4.79 Å². The molecule has 23 heavy (non-hydrogen) atoms. The molecule has 0 radical (unpaired) electrons. The Bertz CT molecular complexity index is 827. The third kappa shape index (κ3) is 3.95. The van der Waals surface area contributed by atoms with E-state index >= 15 is 0 Å². The van der Waals surface area contributed by atoms with E-state index in [1.807, 2.05) is 36.5 Å². The quantitative estimate of drug-likeness (QED) is 0.468. The highest BCUT2D eigenvalue weighted by atomic mass is 79.9. The van der Waals surface area contributed by atoms with Crippen molar-refractivity contribution in [3.8, 4) is 0 Å². The second-order valence-corrected chi connectivity index (χ2v) is 6.60. The predicted molar refractivity (Wildman–Crippen MR) is 96.1 cm³/mol. The number of esters is 1. The van der Waals surface area contributed by atoms with Crippen molar-refractivity contribution in [3.05, 3.63) is 69.3 Å². The molecule has 3 aromatic rings. The first-order valence-electron chi connectivity index (χ1n) is 7.32. The van der Waals surface area contributed by atoms with Crippen LogP contribution in [0.5, 0.6) is 0 Å². The molecule has 0 aliphatic rings. The van der Waals surface area contributed by atoms with Gasteiger partial charge in [0.2, 0.25) is 0 Å². The molecule has 3 rings (SSSR count). The van der Waals surface area contributed by atoms with Crippen molar-refractivity contribution in [3.63, 3.8) is 0 Å². The van der Waals surface area contributed by atoms with Crippen molar-refractivity contribution in [2.45, 2.75) is 12.8 Å². The lowest BCUT2D eigenvalue weighted by Gasteiger charge is -2.05. The molecule has 0 saturated heterocycles. The van der Waals surface area contributed by atoms with Crippen LogP contribution in [0.15, 0.2) is 53.1 Å². The molecule has 0 atom stereocenters. The summed E-state index contributed by atoms with van der Waals surface area (Å²) in [5, 5.41) is 1.84. The molecule has 3 nitrogen and oxygen atoms in total. The molecule has 0 unspecified atom stereocenters. The molecule has 5 heteroatoms. The van der Waals surface area contributed by atoms with Gasteiger partial charge in [0, 0.05) is 26.6 Å². The summed E-state index contributed by atoms with van der Waals surface area (Å²) in [6.45, 7) is 0.391. The van der Waals surface area contributed by atoms with Gasteiger partial charge in [0.15, 0.2) is 0 Å². The largest absolute Gasteiger partial charge is 0.462 e. The minimum absolute atomic E-state index is 0.292. The van der Waals surface area contributed by atoms with Crippen molar-refractivity contribution < 1.29 is 9.53 Å². The van der Waals surface area contributed by atoms with Gasteiger partial charge in [0.1, 0.15) is 0 Å². The number of carbonyl (C=O) groups excluding carboxylic acids is 1. The van der Waals surface area contributed by atoms with Crippen LogP contribution in [0.2, 0.25) is 5.02 Å². The summed E-state index contributed by atoms with van der Waals surface area (Å²) in [4.78, 5) is 15.1. The number of aryl methyl sites for hydroxylation is 1. The van der Waals surface area contributed by atoms with E-state index in [0.717, 1.165) is 33.2 Å². The Balaban J connectivity index is 1.54. The zero-order valence-electron chi connectivity index (χ0n) is 12.3. The summed E-state index contributed by atoms with van der Waals surface area (Å²) in [6, 6.07) is 12.9. The lowest BCUT2D eigenvalue weighted by molar-refractivity contribution is 0.0500. The molecule has 118 valence electrons. The highest BCUT2D eigenvalue weighted by Crippen LogP contribution is 2.23. The first-order valence-corrected chi connectivity index (χ1v) is 8.49. The molecule has 0 spiro atoms. The second kappa shape index (κ2) is 7.20. The topological polar surface area (TPSA) is 42.1 Å². The first-order chi connectivity index (χ1) is 11.1. The van der Waals surface area contributed by atoms with E-state index in [1.165, 1.54) is 5.56 Å². The average Bonchev–Trinajstić information content (AvgIpc) is 2.94. The number of hydrogen-bond donors (Lipinski definition) is 1. The van der Waals surface area contributed by atoms with Crippen molar-refractivity contribution >= 4 is 44.4 Å². The summed E-state index contributed by atoms with van der Waals surface area (Å²) in [7, 11) is 0.